The van der Waals surface area contributed by atoms with E-state index in [0.717, 1.165) is 25.7 Å². The van der Waals surface area contributed by atoms with Gasteiger partial charge in [0.25, 0.3) is 0 Å². The van der Waals surface area contributed by atoms with E-state index < -0.39 is 18.3 Å². The molecule has 0 aliphatic carbocycles. The van der Waals surface area contributed by atoms with Gasteiger partial charge in [-0.1, -0.05) is 51.9 Å². The first-order valence-corrected chi connectivity index (χ1v) is 9.54. The Morgan fingerprint density at radius 3 is 1.72 bits per heavy atom. The lowest BCUT2D eigenvalue weighted by Gasteiger charge is -2.03. The summed E-state index contributed by atoms with van der Waals surface area (Å²) in [6.45, 7) is 1.93. The second-order valence-corrected chi connectivity index (χ2v) is 8.53. The molecule has 1 N–H and O–H groups in total. The van der Waals surface area contributed by atoms with Gasteiger partial charge >= 0.3 is 18.3 Å². The molecule has 0 saturated carbocycles. The highest BCUT2D eigenvalue weighted by Crippen LogP contribution is 2.09. The van der Waals surface area contributed by atoms with Crippen LogP contribution in [-0.4, -0.2) is 28.0 Å². The minimum Gasteiger partial charge on any atom is -0.272 e. The van der Waals surface area contributed by atoms with E-state index in [9.17, 15) is 16.8 Å². The van der Waals surface area contributed by atoms with Crippen molar-refractivity contribution in [2.45, 2.75) is 58.3 Å². The number of rotatable bonds is 11. The van der Waals surface area contributed by atoms with Crippen LogP contribution in [0.1, 0.15) is 58.3 Å². The van der Waals surface area contributed by atoms with Crippen molar-refractivity contribution in [3.8, 4) is 0 Å². The zero-order chi connectivity index (χ0) is 14.1. The largest absolute Gasteiger partial charge is 0.399 e. The summed E-state index contributed by atoms with van der Waals surface area (Å²) in [5, 5.41) is 0. The van der Waals surface area contributed by atoms with Gasteiger partial charge in [0.05, 0.1) is 6.61 Å². The lowest BCUT2D eigenvalue weighted by atomic mass is 10.1. The molecule has 0 radical (unpaired) electrons. The van der Waals surface area contributed by atoms with E-state index in [4.69, 9.17) is 4.55 Å². The third-order valence-corrected chi connectivity index (χ3v) is 5.29. The molecule has 0 unspecified atom stereocenters. The SMILES string of the molecule is CCCCCCCCCCOS(=O)(=O)S(=O)(=O)O. The van der Waals surface area contributed by atoms with Crippen LogP contribution in [0.5, 0.6) is 0 Å². The van der Waals surface area contributed by atoms with Crippen LogP contribution in [0.15, 0.2) is 0 Å². The molecule has 0 amide bonds. The monoisotopic (exact) mass is 302 g/mol. The first kappa shape index (κ1) is 17.8. The normalized spacial score (nSPS) is 12.8. The fraction of sp³-hybridized carbons (Fsp3) is 1.00. The minimum absolute atomic E-state index is 0.211. The van der Waals surface area contributed by atoms with E-state index >= 15 is 0 Å². The van der Waals surface area contributed by atoms with Crippen molar-refractivity contribution in [2.24, 2.45) is 0 Å². The number of hydrogen-bond donors (Lipinski definition) is 1. The van der Waals surface area contributed by atoms with Crippen LogP contribution in [0.2, 0.25) is 0 Å². The van der Waals surface area contributed by atoms with Crippen molar-refractivity contribution in [3.05, 3.63) is 0 Å². The molecule has 110 valence electrons. The molecule has 0 aliphatic heterocycles. The molecular weight excluding hydrogens is 280 g/mol. The highest BCUT2D eigenvalue weighted by Gasteiger charge is 2.27. The molecule has 0 saturated heterocycles. The van der Waals surface area contributed by atoms with Gasteiger partial charge in [-0.3, -0.25) is 8.74 Å². The van der Waals surface area contributed by atoms with Gasteiger partial charge in [0.2, 0.25) is 0 Å². The van der Waals surface area contributed by atoms with Gasteiger partial charge < -0.3 is 0 Å². The van der Waals surface area contributed by atoms with Crippen molar-refractivity contribution in [1.29, 1.82) is 0 Å². The van der Waals surface area contributed by atoms with E-state index in [-0.39, 0.29) is 6.61 Å². The van der Waals surface area contributed by atoms with E-state index in [2.05, 4.69) is 11.1 Å². The summed E-state index contributed by atoms with van der Waals surface area (Å²) >= 11 is 0. The summed E-state index contributed by atoms with van der Waals surface area (Å²) in [6.07, 6.45) is 8.11. The molecular formula is C10H22O6S2. The van der Waals surface area contributed by atoms with Crippen LogP contribution in [0.4, 0.5) is 0 Å². The van der Waals surface area contributed by atoms with E-state index in [1.807, 2.05) is 0 Å². The number of unbranched alkanes of at least 4 members (excludes halogenated alkanes) is 7. The van der Waals surface area contributed by atoms with Crippen LogP contribution >= 0.6 is 0 Å². The van der Waals surface area contributed by atoms with Crippen molar-refractivity contribution in [3.63, 3.8) is 0 Å². The van der Waals surface area contributed by atoms with Gasteiger partial charge in [0.15, 0.2) is 0 Å². The van der Waals surface area contributed by atoms with Gasteiger partial charge in [-0.05, 0) is 6.42 Å². The van der Waals surface area contributed by atoms with Crippen molar-refractivity contribution in [1.82, 2.24) is 0 Å². The molecule has 0 atom stereocenters. The Kier molecular flexibility index (Phi) is 8.75. The molecule has 0 aromatic carbocycles. The quantitative estimate of drug-likeness (QED) is 0.357. The fourth-order valence-corrected chi connectivity index (χ4v) is 2.47. The topological polar surface area (TPSA) is 97.7 Å². The van der Waals surface area contributed by atoms with Crippen molar-refractivity contribution in [2.75, 3.05) is 6.61 Å². The molecule has 0 bridgehead atoms. The molecule has 6 nitrogen and oxygen atoms in total. The zero-order valence-electron chi connectivity index (χ0n) is 10.7. The minimum atomic E-state index is -5.16. The average Bonchev–Trinajstić information content (AvgIpc) is 2.25. The maximum absolute atomic E-state index is 10.8. The smallest absolute Gasteiger partial charge is 0.272 e. The highest BCUT2D eigenvalue weighted by molar-refractivity contribution is 8.63. The summed E-state index contributed by atoms with van der Waals surface area (Å²) in [5.74, 6) is 0. The lowest BCUT2D eigenvalue weighted by molar-refractivity contribution is 0.311. The first-order valence-electron chi connectivity index (χ1n) is 6.18. The summed E-state index contributed by atoms with van der Waals surface area (Å²) in [5.41, 5.74) is 0. The maximum atomic E-state index is 10.8. The standard InChI is InChI=1S/C10H22O6S2/c1-2-3-4-5-6-7-8-9-10-16-18(14,15)17(11,12)13/h2-10H2,1H3,(H,11,12,13). The summed E-state index contributed by atoms with van der Waals surface area (Å²) in [6, 6.07) is 0. The third kappa shape index (κ3) is 8.02. The molecule has 0 heterocycles. The van der Waals surface area contributed by atoms with Crippen molar-refractivity contribution < 1.29 is 25.6 Å². The Morgan fingerprint density at radius 1 is 0.833 bits per heavy atom. The van der Waals surface area contributed by atoms with Crippen molar-refractivity contribution >= 4 is 18.3 Å². The molecule has 0 fully saturated rings. The van der Waals surface area contributed by atoms with E-state index in [1.165, 1.54) is 19.3 Å². The van der Waals surface area contributed by atoms with Crippen LogP contribution in [0.3, 0.4) is 0 Å². The average molecular weight is 302 g/mol. The summed E-state index contributed by atoms with van der Waals surface area (Å²) < 4.78 is 54.8. The number of hydrogen-bond acceptors (Lipinski definition) is 5. The second-order valence-electron chi connectivity index (χ2n) is 4.13. The Labute approximate surface area is 109 Å². The Bertz CT molecular complexity index is 398. The van der Waals surface area contributed by atoms with E-state index in [0.29, 0.717) is 6.42 Å². The highest BCUT2D eigenvalue weighted by atomic mass is 33.2. The van der Waals surface area contributed by atoms with Gasteiger partial charge in [-0.2, -0.15) is 16.8 Å². The summed E-state index contributed by atoms with van der Waals surface area (Å²) in [4.78, 5) is 0. The maximum Gasteiger partial charge on any atom is 0.399 e. The Hall–Kier alpha value is -0.180. The third-order valence-electron chi connectivity index (χ3n) is 2.48. The predicted molar refractivity (Wildman–Crippen MR) is 69.0 cm³/mol. The van der Waals surface area contributed by atoms with Crippen LogP contribution in [0, 0.1) is 0 Å². The second kappa shape index (κ2) is 8.84. The predicted octanol–water partition coefficient (Wildman–Crippen LogP) is 2.28. The van der Waals surface area contributed by atoms with Gasteiger partial charge in [-0.25, -0.2) is 0 Å². The van der Waals surface area contributed by atoms with Crippen LogP contribution < -0.4 is 0 Å². The Morgan fingerprint density at radius 2 is 1.28 bits per heavy atom. The lowest BCUT2D eigenvalue weighted by Crippen LogP contribution is -2.17. The fourth-order valence-electron chi connectivity index (χ4n) is 1.46. The molecule has 8 heteroatoms. The molecule has 18 heavy (non-hydrogen) atoms. The van der Waals surface area contributed by atoms with Gasteiger partial charge in [0.1, 0.15) is 0 Å². The molecule has 0 spiro atoms. The Balaban J connectivity index is 3.53. The van der Waals surface area contributed by atoms with Gasteiger partial charge in [-0.15, -0.1) is 0 Å². The molecule has 0 aromatic rings. The molecule has 0 aromatic heterocycles. The van der Waals surface area contributed by atoms with Crippen LogP contribution in [0.25, 0.3) is 0 Å². The van der Waals surface area contributed by atoms with Crippen LogP contribution in [-0.2, 0) is 22.5 Å². The first-order chi connectivity index (χ1) is 8.31. The molecule has 0 aliphatic rings. The molecule has 0 rings (SSSR count). The van der Waals surface area contributed by atoms with E-state index in [1.54, 1.807) is 0 Å². The van der Waals surface area contributed by atoms with Gasteiger partial charge in [0, 0.05) is 0 Å². The summed E-state index contributed by atoms with van der Waals surface area (Å²) in [7, 11) is -10.0. The zero-order valence-corrected chi connectivity index (χ0v) is 12.3.